The molecule has 0 aliphatic heterocycles. The van der Waals surface area contributed by atoms with Crippen LogP contribution in [0.5, 0.6) is 5.75 Å². The Kier molecular flexibility index (Phi) is 7.76. The van der Waals surface area contributed by atoms with Gasteiger partial charge in [-0.1, -0.05) is 29.8 Å². The highest BCUT2D eigenvalue weighted by molar-refractivity contribution is 7.80. The summed E-state index contributed by atoms with van der Waals surface area (Å²) in [4.78, 5) is 12.6. The summed E-state index contributed by atoms with van der Waals surface area (Å²) in [5, 5.41) is 6.10. The van der Waals surface area contributed by atoms with Gasteiger partial charge in [0.2, 0.25) is 0 Å². The molecule has 0 bridgehead atoms. The number of rotatable bonds is 7. The predicted octanol–water partition coefficient (Wildman–Crippen LogP) is 4.15. The topological polar surface area (TPSA) is 59.6 Å². The van der Waals surface area contributed by atoms with Crippen LogP contribution in [0.2, 0.25) is 0 Å². The minimum absolute atomic E-state index is 0.249. The SMILES string of the molecule is CCOCCOc1ccccc1C(=O)NC(=S)Nc1c(C)cc(C)cc1C. The minimum atomic E-state index is -0.318. The van der Waals surface area contributed by atoms with Crippen molar-refractivity contribution in [2.24, 2.45) is 0 Å². The molecule has 0 aliphatic carbocycles. The van der Waals surface area contributed by atoms with Crippen molar-refractivity contribution in [3.8, 4) is 5.75 Å². The predicted molar refractivity (Wildman–Crippen MR) is 113 cm³/mol. The number of aryl methyl sites for hydroxylation is 3. The molecule has 5 nitrogen and oxygen atoms in total. The van der Waals surface area contributed by atoms with Crippen molar-refractivity contribution in [2.75, 3.05) is 25.1 Å². The van der Waals surface area contributed by atoms with E-state index >= 15 is 0 Å². The Balaban J connectivity index is 2.04. The quantitative estimate of drug-likeness (QED) is 0.553. The van der Waals surface area contributed by atoms with Gasteiger partial charge in [-0.25, -0.2) is 0 Å². The Hall–Kier alpha value is -2.44. The molecule has 0 saturated heterocycles. The van der Waals surface area contributed by atoms with Gasteiger partial charge in [0, 0.05) is 12.3 Å². The van der Waals surface area contributed by atoms with E-state index in [1.165, 1.54) is 5.56 Å². The van der Waals surface area contributed by atoms with E-state index in [0.717, 1.165) is 16.8 Å². The van der Waals surface area contributed by atoms with E-state index in [4.69, 9.17) is 21.7 Å². The molecule has 0 saturated carbocycles. The van der Waals surface area contributed by atoms with E-state index in [2.05, 4.69) is 22.8 Å². The number of carbonyl (C=O) groups is 1. The molecule has 1 amide bonds. The van der Waals surface area contributed by atoms with E-state index in [1.54, 1.807) is 18.2 Å². The van der Waals surface area contributed by atoms with Crippen molar-refractivity contribution in [1.29, 1.82) is 0 Å². The summed E-state index contributed by atoms with van der Waals surface area (Å²) in [5.74, 6) is 0.183. The van der Waals surface area contributed by atoms with Gasteiger partial charge in [0.25, 0.3) is 5.91 Å². The monoisotopic (exact) mass is 386 g/mol. The number of para-hydroxylation sites is 1. The van der Waals surface area contributed by atoms with Crippen molar-refractivity contribution in [2.45, 2.75) is 27.7 Å². The molecule has 27 heavy (non-hydrogen) atoms. The van der Waals surface area contributed by atoms with Crippen LogP contribution in [-0.4, -0.2) is 30.8 Å². The number of hydrogen-bond acceptors (Lipinski definition) is 4. The summed E-state index contributed by atoms with van der Waals surface area (Å²) < 4.78 is 10.9. The average molecular weight is 387 g/mol. The van der Waals surface area contributed by atoms with Gasteiger partial charge >= 0.3 is 0 Å². The van der Waals surface area contributed by atoms with Gasteiger partial charge in [-0.05, 0) is 63.2 Å². The molecule has 0 heterocycles. The number of nitrogens with one attached hydrogen (secondary N) is 2. The van der Waals surface area contributed by atoms with Gasteiger partial charge in [0.15, 0.2) is 5.11 Å². The largest absolute Gasteiger partial charge is 0.490 e. The lowest BCUT2D eigenvalue weighted by Crippen LogP contribution is -2.34. The second-order valence-electron chi connectivity index (χ2n) is 6.22. The molecule has 0 atom stereocenters. The van der Waals surface area contributed by atoms with Crippen LogP contribution in [-0.2, 0) is 4.74 Å². The molecule has 0 aliphatic rings. The van der Waals surface area contributed by atoms with Gasteiger partial charge in [-0.15, -0.1) is 0 Å². The number of ether oxygens (including phenoxy) is 2. The molecule has 0 spiro atoms. The highest BCUT2D eigenvalue weighted by Gasteiger charge is 2.14. The second kappa shape index (κ2) is 10.0. The van der Waals surface area contributed by atoms with E-state index in [9.17, 15) is 4.79 Å². The Morgan fingerprint density at radius 2 is 1.74 bits per heavy atom. The van der Waals surface area contributed by atoms with Crippen molar-refractivity contribution >= 4 is 28.9 Å². The molecule has 0 fully saturated rings. The van der Waals surface area contributed by atoms with E-state index < -0.39 is 0 Å². The first-order valence-electron chi connectivity index (χ1n) is 8.92. The molecule has 2 N–H and O–H groups in total. The van der Waals surface area contributed by atoms with E-state index in [-0.39, 0.29) is 11.0 Å². The first kappa shape index (κ1) is 20.9. The van der Waals surface area contributed by atoms with E-state index in [0.29, 0.717) is 31.1 Å². The third kappa shape index (κ3) is 6.05. The van der Waals surface area contributed by atoms with Crippen LogP contribution in [0.4, 0.5) is 5.69 Å². The molecule has 0 aromatic heterocycles. The highest BCUT2D eigenvalue weighted by atomic mass is 32.1. The molecule has 0 unspecified atom stereocenters. The fourth-order valence-electron chi connectivity index (χ4n) is 2.83. The molecule has 2 aromatic rings. The summed E-state index contributed by atoms with van der Waals surface area (Å²) in [6, 6.07) is 11.2. The smallest absolute Gasteiger partial charge is 0.261 e. The van der Waals surface area contributed by atoms with Crippen molar-refractivity contribution in [3.05, 3.63) is 58.7 Å². The average Bonchev–Trinajstić information content (AvgIpc) is 2.62. The molecular formula is C21H26N2O3S. The molecule has 2 rings (SSSR count). The Labute approximate surface area is 166 Å². The maximum absolute atomic E-state index is 12.6. The highest BCUT2D eigenvalue weighted by Crippen LogP contribution is 2.22. The lowest BCUT2D eigenvalue weighted by Gasteiger charge is -2.16. The Bertz CT molecular complexity index is 798. The van der Waals surface area contributed by atoms with Gasteiger partial charge in [-0.3, -0.25) is 10.1 Å². The third-order valence-electron chi connectivity index (χ3n) is 3.96. The molecule has 144 valence electrons. The van der Waals surface area contributed by atoms with Crippen molar-refractivity contribution < 1.29 is 14.3 Å². The number of thiocarbonyl (C=S) groups is 1. The van der Waals surface area contributed by atoms with Crippen LogP contribution in [0, 0.1) is 20.8 Å². The summed E-state index contributed by atoms with van der Waals surface area (Å²) in [7, 11) is 0. The normalized spacial score (nSPS) is 10.4. The molecular weight excluding hydrogens is 360 g/mol. The fourth-order valence-corrected chi connectivity index (χ4v) is 3.02. The number of benzene rings is 2. The van der Waals surface area contributed by atoms with E-state index in [1.807, 2.05) is 33.8 Å². The molecule has 2 aromatic carbocycles. The number of amides is 1. The maximum atomic E-state index is 12.6. The number of hydrogen-bond donors (Lipinski definition) is 2. The van der Waals surface area contributed by atoms with Gasteiger partial charge in [0.1, 0.15) is 12.4 Å². The Morgan fingerprint density at radius 3 is 2.41 bits per heavy atom. The third-order valence-corrected chi connectivity index (χ3v) is 4.17. The van der Waals surface area contributed by atoms with Crippen LogP contribution in [0.15, 0.2) is 36.4 Å². The van der Waals surface area contributed by atoms with Gasteiger partial charge in [0.05, 0.1) is 12.2 Å². The van der Waals surface area contributed by atoms with Crippen LogP contribution in [0.1, 0.15) is 34.0 Å². The second-order valence-corrected chi connectivity index (χ2v) is 6.63. The number of anilines is 1. The van der Waals surface area contributed by atoms with Crippen LogP contribution >= 0.6 is 12.2 Å². The van der Waals surface area contributed by atoms with Gasteiger partial charge in [-0.2, -0.15) is 0 Å². The summed E-state index contributed by atoms with van der Waals surface area (Å²) in [6.45, 7) is 9.46. The first-order valence-corrected chi connectivity index (χ1v) is 9.33. The lowest BCUT2D eigenvalue weighted by atomic mass is 10.1. The molecule has 0 radical (unpaired) electrons. The van der Waals surface area contributed by atoms with Crippen molar-refractivity contribution in [3.63, 3.8) is 0 Å². The van der Waals surface area contributed by atoms with Crippen LogP contribution < -0.4 is 15.4 Å². The zero-order chi connectivity index (χ0) is 19.8. The summed E-state index contributed by atoms with van der Waals surface area (Å²) >= 11 is 5.33. The standard InChI is InChI=1S/C21H26N2O3S/c1-5-25-10-11-26-18-9-7-6-8-17(18)20(24)23-21(27)22-19-15(3)12-14(2)13-16(19)4/h6-9,12-13H,5,10-11H2,1-4H3,(H2,22,23,24,27). The van der Waals surface area contributed by atoms with Crippen LogP contribution in [0.3, 0.4) is 0 Å². The van der Waals surface area contributed by atoms with Gasteiger partial charge < -0.3 is 14.8 Å². The Morgan fingerprint density at radius 1 is 1.07 bits per heavy atom. The summed E-state index contributed by atoms with van der Waals surface area (Å²) in [5.41, 5.74) is 4.67. The fraction of sp³-hybridized carbons (Fsp3) is 0.333. The lowest BCUT2D eigenvalue weighted by molar-refractivity contribution is 0.0958. The first-order chi connectivity index (χ1) is 12.9. The zero-order valence-electron chi connectivity index (χ0n) is 16.2. The number of carbonyl (C=O) groups excluding carboxylic acids is 1. The maximum Gasteiger partial charge on any atom is 0.261 e. The summed E-state index contributed by atoms with van der Waals surface area (Å²) in [6.07, 6.45) is 0. The van der Waals surface area contributed by atoms with Crippen LogP contribution in [0.25, 0.3) is 0 Å². The van der Waals surface area contributed by atoms with Crippen molar-refractivity contribution in [1.82, 2.24) is 5.32 Å². The minimum Gasteiger partial charge on any atom is -0.490 e. The zero-order valence-corrected chi connectivity index (χ0v) is 17.0. The molecule has 6 heteroatoms.